The number of carbonyl (C=O) groups is 1. The first-order valence-electron chi connectivity index (χ1n) is 8.94. The van der Waals surface area contributed by atoms with Crippen LogP contribution < -0.4 is 5.43 Å². The molecule has 2 heterocycles. The molecule has 132 valence electrons. The van der Waals surface area contributed by atoms with Crippen molar-refractivity contribution in [1.82, 2.24) is 14.8 Å². The summed E-state index contributed by atoms with van der Waals surface area (Å²) >= 11 is 0. The molecule has 0 unspecified atom stereocenters. The fraction of sp³-hybridized carbons (Fsp3) is 0.238. The van der Waals surface area contributed by atoms with Crippen molar-refractivity contribution in [2.75, 3.05) is 12.0 Å². The van der Waals surface area contributed by atoms with Crippen molar-refractivity contribution in [2.45, 2.75) is 25.9 Å². The third kappa shape index (κ3) is 3.83. The van der Waals surface area contributed by atoms with Crippen LogP contribution in [-0.4, -0.2) is 27.2 Å². The molecule has 5 heteroatoms. The van der Waals surface area contributed by atoms with E-state index in [1.165, 1.54) is 11.1 Å². The first-order valence-corrected chi connectivity index (χ1v) is 8.94. The summed E-state index contributed by atoms with van der Waals surface area (Å²) in [5, 5.41) is 4.33. The zero-order valence-electron chi connectivity index (χ0n) is 14.6. The summed E-state index contributed by atoms with van der Waals surface area (Å²) in [6.07, 6.45) is 3.24. The number of benzene rings is 2. The number of rotatable bonds is 6. The summed E-state index contributed by atoms with van der Waals surface area (Å²) in [7, 11) is 0. The van der Waals surface area contributed by atoms with Crippen molar-refractivity contribution in [1.29, 1.82) is 0 Å². The predicted molar refractivity (Wildman–Crippen MR) is 101 cm³/mol. The van der Waals surface area contributed by atoms with Crippen LogP contribution in [0.25, 0.3) is 0 Å². The molecule has 1 N–H and O–H groups in total. The minimum Gasteiger partial charge on any atom is -0.293 e. The Kier molecular flexibility index (Phi) is 4.80. The predicted octanol–water partition coefficient (Wildman–Crippen LogP) is 2.75. The van der Waals surface area contributed by atoms with Gasteiger partial charge in [0.2, 0.25) is 5.91 Å². The van der Waals surface area contributed by atoms with E-state index in [9.17, 15) is 4.79 Å². The molecule has 0 aliphatic carbocycles. The zero-order chi connectivity index (χ0) is 17.8. The maximum absolute atomic E-state index is 12.3. The molecule has 0 saturated heterocycles. The summed E-state index contributed by atoms with van der Waals surface area (Å²) in [5.74, 6) is -0.0511. The van der Waals surface area contributed by atoms with Gasteiger partial charge in [0, 0.05) is 25.2 Å². The third-order valence-corrected chi connectivity index (χ3v) is 4.72. The molecule has 1 aliphatic rings. The Morgan fingerprint density at radius 3 is 2.38 bits per heavy atom. The van der Waals surface area contributed by atoms with Crippen molar-refractivity contribution < 1.29 is 4.79 Å². The number of aromatic nitrogens is 2. The van der Waals surface area contributed by atoms with Gasteiger partial charge in [-0.15, -0.1) is 0 Å². The summed E-state index contributed by atoms with van der Waals surface area (Å²) in [4.78, 5) is 16.3. The molecule has 0 bridgehead atoms. The maximum atomic E-state index is 12.3. The first kappa shape index (κ1) is 16.5. The molecule has 3 aromatic rings. The van der Waals surface area contributed by atoms with Gasteiger partial charge in [0.15, 0.2) is 0 Å². The van der Waals surface area contributed by atoms with Crippen molar-refractivity contribution >= 4 is 5.91 Å². The summed E-state index contributed by atoms with van der Waals surface area (Å²) in [5.41, 5.74) is 7.53. The lowest BCUT2D eigenvalue weighted by Crippen LogP contribution is -2.28. The van der Waals surface area contributed by atoms with Gasteiger partial charge in [0.1, 0.15) is 0 Å². The highest BCUT2D eigenvalue weighted by molar-refractivity contribution is 5.85. The van der Waals surface area contributed by atoms with Gasteiger partial charge in [0.25, 0.3) is 0 Å². The zero-order valence-corrected chi connectivity index (χ0v) is 14.6. The number of fused-ring (bicyclic) bond motifs is 1. The number of amides is 1. The van der Waals surface area contributed by atoms with Gasteiger partial charge in [-0.1, -0.05) is 60.7 Å². The van der Waals surface area contributed by atoms with Crippen molar-refractivity contribution in [2.24, 2.45) is 0 Å². The van der Waals surface area contributed by atoms with Crippen LogP contribution in [0.15, 0.2) is 66.9 Å². The quantitative estimate of drug-likeness (QED) is 0.747. The van der Waals surface area contributed by atoms with Crippen molar-refractivity contribution in [3.05, 3.63) is 89.2 Å². The smallest absolute Gasteiger partial charge is 0.244 e. The molecule has 26 heavy (non-hydrogen) atoms. The van der Waals surface area contributed by atoms with E-state index in [1.54, 1.807) is 4.79 Å². The van der Waals surface area contributed by atoms with Crippen LogP contribution in [-0.2, 0) is 30.7 Å². The van der Waals surface area contributed by atoms with Crippen LogP contribution in [0, 0.1) is 0 Å². The maximum Gasteiger partial charge on any atom is 0.244 e. The lowest BCUT2D eigenvalue weighted by atomic mass is 10.1. The second-order valence-corrected chi connectivity index (χ2v) is 6.67. The first-order chi connectivity index (χ1) is 12.8. The van der Waals surface area contributed by atoms with E-state index < -0.39 is 0 Å². The summed E-state index contributed by atoms with van der Waals surface area (Å²) in [6, 6.07) is 20.3. The van der Waals surface area contributed by atoms with Crippen LogP contribution in [0.5, 0.6) is 0 Å². The Morgan fingerprint density at radius 1 is 0.962 bits per heavy atom. The van der Waals surface area contributed by atoms with E-state index in [1.807, 2.05) is 42.6 Å². The second kappa shape index (κ2) is 7.54. The minimum absolute atomic E-state index is 0.0511. The van der Waals surface area contributed by atoms with Crippen LogP contribution in [0.2, 0.25) is 0 Å². The molecule has 0 atom stereocenters. The average molecular weight is 346 g/mol. The van der Waals surface area contributed by atoms with E-state index >= 15 is 0 Å². The van der Waals surface area contributed by atoms with Crippen molar-refractivity contribution in [3.8, 4) is 0 Å². The Balaban J connectivity index is 1.34. The summed E-state index contributed by atoms with van der Waals surface area (Å²) in [6.45, 7) is 2.70. The summed E-state index contributed by atoms with van der Waals surface area (Å²) < 4.78 is 0. The number of nitrogens with one attached hydrogen (secondary N) is 1. The molecule has 1 aliphatic heterocycles. The highest BCUT2D eigenvalue weighted by atomic mass is 16.2. The number of hydrogen-bond acceptors (Lipinski definition) is 3. The van der Waals surface area contributed by atoms with E-state index in [0.717, 1.165) is 37.3 Å². The van der Waals surface area contributed by atoms with Gasteiger partial charge < -0.3 is 0 Å². The molecule has 2 aromatic carbocycles. The molecule has 1 aromatic heterocycles. The fourth-order valence-corrected chi connectivity index (χ4v) is 3.34. The Bertz CT molecular complexity index is 874. The number of carbonyl (C=O) groups excluding carboxylic acids is 1. The Morgan fingerprint density at radius 2 is 1.65 bits per heavy atom. The Labute approximate surface area is 153 Å². The third-order valence-electron chi connectivity index (χ3n) is 4.72. The van der Waals surface area contributed by atoms with Gasteiger partial charge in [-0.2, -0.15) is 9.89 Å². The van der Waals surface area contributed by atoms with Crippen LogP contribution >= 0.6 is 0 Å². The highest BCUT2D eigenvalue weighted by Crippen LogP contribution is 2.22. The molecule has 0 spiro atoms. The van der Waals surface area contributed by atoms with Crippen LogP contribution in [0.4, 0.5) is 0 Å². The second-order valence-electron chi connectivity index (χ2n) is 6.67. The van der Waals surface area contributed by atoms with E-state index in [2.05, 4.69) is 39.7 Å². The number of nitrogens with zero attached hydrogens (tertiary/aromatic N) is 3. The largest absolute Gasteiger partial charge is 0.293 e. The normalized spacial score (nSPS) is 13.5. The number of hydrogen-bond donors (Lipinski definition) is 1. The monoisotopic (exact) mass is 346 g/mol. The molecular formula is C21H22N4O. The minimum atomic E-state index is -0.0511. The highest BCUT2D eigenvalue weighted by Gasteiger charge is 2.24. The van der Waals surface area contributed by atoms with Crippen molar-refractivity contribution in [3.63, 3.8) is 0 Å². The van der Waals surface area contributed by atoms with Gasteiger partial charge in [-0.3, -0.25) is 9.69 Å². The SMILES string of the molecule is O=C(Cc1ccccc1)Nn1ncc2c1CN(CCc1ccccc1)C2. The molecule has 0 saturated carbocycles. The van der Waals surface area contributed by atoms with Gasteiger partial charge in [-0.05, 0) is 17.5 Å². The van der Waals surface area contributed by atoms with Gasteiger partial charge >= 0.3 is 0 Å². The molecular weight excluding hydrogens is 324 g/mol. The van der Waals surface area contributed by atoms with Gasteiger partial charge in [0.05, 0.1) is 18.3 Å². The standard InChI is InChI=1S/C21H22N4O/c26-21(13-18-9-5-2-6-10-18)23-25-20-16-24(15-19(20)14-22-25)12-11-17-7-3-1-4-8-17/h1-10,14H,11-13,15-16H2,(H,23,26). The molecule has 1 amide bonds. The molecule has 5 nitrogen and oxygen atoms in total. The van der Waals surface area contributed by atoms with Gasteiger partial charge in [-0.25, -0.2) is 5.43 Å². The average Bonchev–Trinajstić information content (AvgIpc) is 3.23. The fourth-order valence-electron chi connectivity index (χ4n) is 3.34. The molecule has 0 fully saturated rings. The lowest BCUT2D eigenvalue weighted by molar-refractivity contribution is -0.116. The molecule has 4 rings (SSSR count). The van der Waals surface area contributed by atoms with Crippen LogP contribution in [0.3, 0.4) is 0 Å². The van der Waals surface area contributed by atoms with E-state index in [-0.39, 0.29) is 5.91 Å². The Hall–Kier alpha value is -2.92. The van der Waals surface area contributed by atoms with Crippen LogP contribution in [0.1, 0.15) is 22.4 Å². The van der Waals surface area contributed by atoms with E-state index in [4.69, 9.17) is 0 Å². The lowest BCUT2D eigenvalue weighted by Gasteiger charge is -2.15. The topological polar surface area (TPSA) is 50.2 Å². The van der Waals surface area contributed by atoms with E-state index in [0.29, 0.717) is 6.42 Å². The molecule has 0 radical (unpaired) electrons.